The Morgan fingerprint density at radius 2 is 1.88 bits per heavy atom. The molecule has 2 aromatic rings. The lowest BCUT2D eigenvalue weighted by atomic mass is 9.97. The van der Waals surface area contributed by atoms with Gasteiger partial charge in [0.15, 0.2) is 0 Å². The van der Waals surface area contributed by atoms with E-state index in [0.29, 0.717) is 25.6 Å². The molecule has 2 aromatic carbocycles. The number of benzene rings is 2. The van der Waals surface area contributed by atoms with E-state index in [0.717, 1.165) is 24.7 Å². The Kier molecular flexibility index (Phi) is 4.99. The van der Waals surface area contributed by atoms with Crippen molar-refractivity contribution in [3.05, 3.63) is 59.9 Å². The van der Waals surface area contributed by atoms with E-state index in [1.165, 1.54) is 12.1 Å². The predicted molar refractivity (Wildman–Crippen MR) is 88.6 cm³/mol. The molecule has 1 aliphatic rings. The van der Waals surface area contributed by atoms with E-state index < -0.39 is 5.82 Å². The molecule has 1 heterocycles. The maximum absolute atomic E-state index is 13.8. The Balaban J connectivity index is 1.52. The van der Waals surface area contributed by atoms with E-state index in [1.807, 2.05) is 30.3 Å². The summed E-state index contributed by atoms with van der Waals surface area (Å²) < 4.78 is 19.6. The minimum atomic E-state index is -0.686. The quantitative estimate of drug-likeness (QED) is 0.934. The van der Waals surface area contributed by atoms with Crippen molar-refractivity contribution in [1.82, 2.24) is 4.90 Å². The lowest BCUT2D eigenvalue weighted by Gasteiger charge is -2.32. The highest BCUT2D eigenvalue weighted by atomic mass is 19.1. The molecule has 1 saturated heterocycles. The number of carbonyl (C=O) groups excluding carboxylic acids is 1. The van der Waals surface area contributed by atoms with Gasteiger partial charge in [-0.25, -0.2) is 4.39 Å². The van der Waals surface area contributed by atoms with Crippen LogP contribution in [0.1, 0.15) is 23.2 Å². The number of rotatable bonds is 4. The first-order valence-electron chi connectivity index (χ1n) is 8.09. The molecule has 0 unspecified atom stereocenters. The van der Waals surface area contributed by atoms with Crippen molar-refractivity contribution in [2.75, 3.05) is 19.7 Å². The molecule has 4 nitrogen and oxygen atoms in total. The van der Waals surface area contributed by atoms with Crippen LogP contribution in [0, 0.1) is 11.7 Å². The van der Waals surface area contributed by atoms with E-state index >= 15 is 0 Å². The van der Waals surface area contributed by atoms with Gasteiger partial charge >= 0.3 is 0 Å². The summed E-state index contributed by atoms with van der Waals surface area (Å²) >= 11 is 0. The molecule has 126 valence electrons. The summed E-state index contributed by atoms with van der Waals surface area (Å²) in [5, 5.41) is 9.24. The van der Waals surface area contributed by atoms with Crippen LogP contribution in [0.3, 0.4) is 0 Å². The Morgan fingerprint density at radius 1 is 1.17 bits per heavy atom. The molecule has 0 radical (unpaired) electrons. The van der Waals surface area contributed by atoms with Gasteiger partial charge < -0.3 is 14.7 Å². The van der Waals surface area contributed by atoms with Crippen molar-refractivity contribution in [2.45, 2.75) is 12.8 Å². The number of halogens is 1. The number of phenols is 1. The molecule has 1 amide bonds. The monoisotopic (exact) mass is 329 g/mol. The van der Waals surface area contributed by atoms with Crippen LogP contribution in [0.4, 0.5) is 4.39 Å². The number of hydrogen-bond donors (Lipinski definition) is 1. The second-order valence-electron chi connectivity index (χ2n) is 6.02. The fourth-order valence-electron chi connectivity index (χ4n) is 2.88. The van der Waals surface area contributed by atoms with Gasteiger partial charge in [-0.05, 0) is 43.0 Å². The molecule has 24 heavy (non-hydrogen) atoms. The molecule has 0 atom stereocenters. The average molecular weight is 329 g/mol. The van der Waals surface area contributed by atoms with Crippen LogP contribution in [-0.2, 0) is 0 Å². The number of para-hydroxylation sites is 1. The third kappa shape index (κ3) is 3.85. The Hall–Kier alpha value is -2.56. The molecule has 0 saturated carbocycles. The van der Waals surface area contributed by atoms with Gasteiger partial charge in [-0.3, -0.25) is 4.79 Å². The summed E-state index contributed by atoms with van der Waals surface area (Å²) in [6, 6.07) is 13.3. The van der Waals surface area contributed by atoms with Gasteiger partial charge in [0.05, 0.1) is 12.2 Å². The van der Waals surface area contributed by atoms with Crippen molar-refractivity contribution in [2.24, 2.45) is 5.92 Å². The smallest absolute Gasteiger partial charge is 0.256 e. The predicted octanol–water partition coefficient (Wildman–Crippen LogP) is 3.46. The van der Waals surface area contributed by atoms with Crippen LogP contribution in [0.5, 0.6) is 11.5 Å². The van der Waals surface area contributed by atoms with Crippen LogP contribution in [0.2, 0.25) is 0 Å². The average Bonchev–Trinajstić information content (AvgIpc) is 2.61. The molecule has 0 spiro atoms. The third-order valence-corrected chi connectivity index (χ3v) is 4.31. The van der Waals surface area contributed by atoms with Crippen molar-refractivity contribution >= 4 is 5.91 Å². The normalized spacial score (nSPS) is 15.3. The zero-order chi connectivity index (χ0) is 16.9. The largest absolute Gasteiger partial charge is 0.508 e. The maximum atomic E-state index is 13.8. The highest BCUT2D eigenvalue weighted by Crippen LogP contribution is 2.22. The number of likely N-dealkylation sites (tertiary alicyclic amines) is 1. The second kappa shape index (κ2) is 7.34. The number of aromatic hydroxyl groups is 1. The topological polar surface area (TPSA) is 49.8 Å². The van der Waals surface area contributed by atoms with Crippen LogP contribution in [0.25, 0.3) is 0 Å². The minimum Gasteiger partial charge on any atom is -0.508 e. The van der Waals surface area contributed by atoms with Gasteiger partial charge in [0.2, 0.25) is 0 Å². The highest BCUT2D eigenvalue weighted by Gasteiger charge is 2.25. The molecule has 0 aromatic heterocycles. The van der Waals surface area contributed by atoms with Gasteiger partial charge in [0, 0.05) is 19.2 Å². The second-order valence-corrected chi connectivity index (χ2v) is 6.02. The minimum absolute atomic E-state index is 0.00628. The van der Waals surface area contributed by atoms with Crippen LogP contribution < -0.4 is 4.74 Å². The number of hydrogen-bond acceptors (Lipinski definition) is 3. The number of amides is 1. The summed E-state index contributed by atoms with van der Waals surface area (Å²) in [6.45, 7) is 1.80. The van der Waals surface area contributed by atoms with E-state index in [2.05, 4.69) is 0 Å². The third-order valence-electron chi connectivity index (χ3n) is 4.31. The van der Waals surface area contributed by atoms with Gasteiger partial charge in [-0.15, -0.1) is 0 Å². The SMILES string of the molecule is O=C(c1ccc(O)cc1F)N1CCC(COc2ccccc2)CC1. The highest BCUT2D eigenvalue weighted by molar-refractivity contribution is 5.94. The Morgan fingerprint density at radius 3 is 2.54 bits per heavy atom. The number of nitrogens with zero attached hydrogens (tertiary/aromatic N) is 1. The molecule has 1 fully saturated rings. The molecule has 1 aliphatic heterocycles. The zero-order valence-electron chi connectivity index (χ0n) is 13.3. The van der Waals surface area contributed by atoms with Crippen LogP contribution >= 0.6 is 0 Å². The van der Waals surface area contributed by atoms with Crippen molar-refractivity contribution in [3.63, 3.8) is 0 Å². The number of piperidine rings is 1. The summed E-state index contributed by atoms with van der Waals surface area (Å²) in [5.74, 6) is 0.0476. The molecule has 1 N–H and O–H groups in total. The first-order valence-corrected chi connectivity index (χ1v) is 8.09. The van der Waals surface area contributed by atoms with Crippen LogP contribution in [0.15, 0.2) is 48.5 Å². The first kappa shape index (κ1) is 16.3. The molecule has 3 rings (SSSR count). The molecule has 0 bridgehead atoms. The fourth-order valence-corrected chi connectivity index (χ4v) is 2.88. The number of ether oxygens (including phenoxy) is 1. The van der Waals surface area contributed by atoms with Crippen LogP contribution in [-0.4, -0.2) is 35.6 Å². The molecular weight excluding hydrogens is 309 g/mol. The van der Waals surface area contributed by atoms with Gasteiger partial charge in [-0.1, -0.05) is 18.2 Å². The fraction of sp³-hybridized carbons (Fsp3) is 0.316. The first-order chi connectivity index (χ1) is 11.6. The van der Waals surface area contributed by atoms with Crippen molar-refractivity contribution < 1.29 is 19.0 Å². The lowest BCUT2D eigenvalue weighted by Crippen LogP contribution is -2.40. The Labute approximate surface area is 140 Å². The Bertz CT molecular complexity index is 697. The molecular formula is C19H20FNO3. The summed E-state index contributed by atoms with van der Waals surface area (Å²) in [4.78, 5) is 14.1. The summed E-state index contributed by atoms with van der Waals surface area (Å²) in [7, 11) is 0. The molecule has 0 aliphatic carbocycles. The molecule has 5 heteroatoms. The van der Waals surface area contributed by atoms with E-state index in [4.69, 9.17) is 4.74 Å². The van der Waals surface area contributed by atoms with Gasteiger partial charge in [0.25, 0.3) is 5.91 Å². The van der Waals surface area contributed by atoms with E-state index in [9.17, 15) is 14.3 Å². The maximum Gasteiger partial charge on any atom is 0.256 e. The van der Waals surface area contributed by atoms with Gasteiger partial charge in [0.1, 0.15) is 17.3 Å². The zero-order valence-corrected chi connectivity index (χ0v) is 13.3. The standard InChI is InChI=1S/C19H20FNO3/c20-18-12-15(22)6-7-17(18)19(23)21-10-8-14(9-11-21)13-24-16-4-2-1-3-5-16/h1-7,12,14,22H,8-11,13H2. The number of carbonyl (C=O) groups is 1. The van der Waals surface area contributed by atoms with Crippen molar-refractivity contribution in [3.8, 4) is 11.5 Å². The van der Waals surface area contributed by atoms with Gasteiger partial charge in [-0.2, -0.15) is 0 Å². The summed E-state index contributed by atoms with van der Waals surface area (Å²) in [5.41, 5.74) is 0.00628. The van der Waals surface area contributed by atoms with E-state index in [-0.39, 0.29) is 17.2 Å². The van der Waals surface area contributed by atoms with Crippen molar-refractivity contribution in [1.29, 1.82) is 0 Å². The summed E-state index contributed by atoms with van der Waals surface area (Å²) in [6.07, 6.45) is 1.66. The number of phenolic OH excluding ortho intramolecular Hbond substituents is 1. The lowest BCUT2D eigenvalue weighted by molar-refractivity contribution is 0.0656. The van der Waals surface area contributed by atoms with E-state index in [1.54, 1.807) is 4.90 Å².